The Morgan fingerprint density at radius 1 is 1.53 bits per heavy atom. The molecule has 1 rings (SSSR count). The lowest BCUT2D eigenvalue weighted by molar-refractivity contribution is -0.120. The van der Waals surface area contributed by atoms with E-state index in [0.717, 1.165) is 5.56 Å². The number of rotatable bonds is 6. The summed E-state index contributed by atoms with van der Waals surface area (Å²) in [5.41, 5.74) is 0.717. The van der Waals surface area contributed by atoms with Crippen molar-refractivity contribution in [2.45, 2.75) is 33.2 Å². The van der Waals surface area contributed by atoms with Gasteiger partial charge in [-0.1, -0.05) is 18.2 Å². The van der Waals surface area contributed by atoms with Crippen LogP contribution in [0.3, 0.4) is 0 Å². The van der Waals surface area contributed by atoms with E-state index in [9.17, 15) is 9.18 Å². The molecule has 1 N–H and O–H groups in total. The van der Waals surface area contributed by atoms with E-state index in [-0.39, 0.29) is 17.7 Å². The Bertz CT molecular complexity index is 457. The normalized spacial score (nSPS) is 12.4. The number of carbonyl (C=O) groups excluding carboxylic acids is 1. The summed E-state index contributed by atoms with van der Waals surface area (Å²) in [6.45, 7) is 5.91. The molecule has 0 saturated heterocycles. The standard InChI is InChI=1S/C15H20FNO2/c1-4-6-7-15(18)17-11(3)12-8-9-14(19-5-2)13(16)10-12/h4,6,8-11H,5,7H2,1-3H3,(H,17,18)/b6-4+. The monoisotopic (exact) mass is 265 g/mol. The fourth-order valence-electron chi connectivity index (χ4n) is 1.67. The third-order valence-electron chi connectivity index (χ3n) is 2.67. The Labute approximate surface area is 113 Å². The Morgan fingerprint density at radius 2 is 2.26 bits per heavy atom. The molecule has 0 aliphatic rings. The van der Waals surface area contributed by atoms with Crippen LogP contribution in [0.1, 0.15) is 38.8 Å². The van der Waals surface area contributed by atoms with E-state index in [1.165, 1.54) is 6.07 Å². The van der Waals surface area contributed by atoms with Crippen LogP contribution in [0.15, 0.2) is 30.4 Å². The summed E-state index contributed by atoms with van der Waals surface area (Å²) in [5, 5.41) is 2.81. The van der Waals surface area contributed by atoms with Crippen LogP contribution >= 0.6 is 0 Å². The largest absolute Gasteiger partial charge is 0.491 e. The average molecular weight is 265 g/mol. The second-order valence-corrected chi connectivity index (χ2v) is 4.19. The molecule has 19 heavy (non-hydrogen) atoms. The van der Waals surface area contributed by atoms with Crippen LogP contribution in [0.2, 0.25) is 0 Å². The number of hydrogen-bond donors (Lipinski definition) is 1. The van der Waals surface area contributed by atoms with Gasteiger partial charge in [0.2, 0.25) is 5.91 Å². The quantitative estimate of drug-likeness (QED) is 0.801. The second kappa shape index (κ2) is 7.56. The first-order valence-electron chi connectivity index (χ1n) is 6.41. The molecular formula is C15H20FNO2. The fraction of sp³-hybridized carbons (Fsp3) is 0.400. The number of hydrogen-bond acceptors (Lipinski definition) is 2. The van der Waals surface area contributed by atoms with Crippen LogP contribution in [0, 0.1) is 5.82 Å². The summed E-state index contributed by atoms with van der Waals surface area (Å²) >= 11 is 0. The van der Waals surface area contributed by atoms with E-state index in [2.05, 4.69) is 5.32 Å². The summed E-state index contributed by atoms with van der Waals surface area (Å²) in [6.07, 6.45) is 3.93. The lowest BCUT2D eigenvalue weighted by Crippen LogP contribution is -2.25. The molecule has 0 spiro atoms. The van der Waals surface area contributed by atoms with Gasteiger partial charge in [-0.2, -0.15) is 0 Å². The average Bonchev–Trinajstić information content (AvgIpc) is 2.38. The number of nitrogens with one attached hydrogen (secondary N) is 1. The van der Waals surface area contributed by atoms with Crippen molar-refractivity contribution in [2.75, 3.05) is 6.61 Å². The van der Waals surface area contributed by atoms with Gasteiger partial charge in [0.25, 0.3) is 0 Å². The lowest BCUT2D eigenvalue weighted by Gasteiger charge is -2.15. The SMILES string of the molecule is C/C=C/CC(=O)NC(C)c1ccc(OCC)c(F)c1. The second-order valence-electron chi connectivity index (χ2n) is 4.19. The molecule has 0 aromatic heterocycles. The van der Waals surface area contributed by atoms with Crippen LogP contribution < -0.4 is 10.1 Å². The van der Waals surface area contributed by atoms with Gasteiger partial charge in [0, 0.05) is 6.42 Å². The minimum atomic E-state index is -0.408. The number of ether oxygens (including phenoxy) is 1. The fourth-order valence-corrected chi connectivity index (χ4v) is 1.67. The van der Waals surface area contributed by atoms with Crippen LogP contribution in [0.5, 0.6) is 5.75 Å². The topological polar surface area (TPSA) is 38.3 Å². The minimum absolute atomic E-state index is 0.0834. The number of benzene rings is 1. The third-order valence-corrected chi connectivity index (χ3v) is 2.67. The molecule has 1 atom stereocenters. The smallest absolute Gasteiger partial charge is 0.224 e. The Morgan fingerprint density at radius 3 is 2.84 bits per heavy atom. The first-order valence-corrected chi connectivity index (χ1v) is 6.41. The number of allylic oxidation sites excluding steroid dienone is 1. The van der Waals surface area contributed by atoms with Gasteiger partial charge in [0.15, 0.2) is 11.6 Å². The van der Waals surface area contributed by atoms with Gasteiger partial charge >= 0.3 is 0 Å². The molecule has 0 aliphatic carbocycles. The zero-order valence-electron chi connectivity index (χ0n) is 11.6. The molecule has 0 aliphatic heterocycles. The Hall–Kier alpha value is -1.84. The number of amides is 1. The van der Waals surface area contributed by atoms with Gasteiger partial charge in [0.05, 0.1) is 12.6 Å². The molecular weight excluding hydrogens is 245 g/mol. The highest BCUT2D eigenvalue weighted by Crippen LogP contribution is 2.22. The Balaban J connectivity index is 2.69. The third kappa shape index (κ3) is 4.73. The van der Waals surface area contributed by atoms with Crippen LogP contribution in [-0.2, 0) is 4.79 Å². The zero-order chi connectivity index (χ0) is 14.3. The van der Waals surface area contributed by atoms with Gasteiger partial charge in [-0.05, 0) is 38.5 Å². The molecule has 104 valence electrons. The van der Waals surface area contributed by atoms with Crippen molar-refractivity contribution in [3.8, 4) is 5.75 Å². The molecule has 0 radical (unpaired) electrons. The highest BCUT2D eigenvalue weighted by Gasteiger charge is 2.11. The molecule has 0 saturated carbocycles. The van der Waals surface area contributed by atoms with E-state index in [1.807, 2.05) is 19.9 Å². The van der Waals surface area contributed by atoms with Crippen molar-refractivity contribution in [3.63, 3.8) is 0 Å². The van der Waals surface area contributed by atoms with Gasteiger partial charge < -0.3 is 10.1 Å². The zero-order valence-corrected chi connectivity index (χ0v) is 11.6. The maximum Gasteiger partial charge on any atom is 0.224 e. The number of carbonyl (C=O) groups is 1. The van der Waals surface area contributed by atoms with Crippen molar-refractivity contribution in [1.82, 2.24) is 5.32 Å². The molecule has 1 unspecified atom stereocenters. The van der Waals surface area contributed by atoms with Gasteiger partial charge in [-0.25, -0.2) is 4.39 Å². The van der Waals surface area contributed by atoms with Gasteiger partial charge in [-0.15, -0.1) is 0 Å². The molecule has 0 heterocycles. The first kappa shape index (κ1) is 15.2. The highest BCUT2D eigenvalue weighted by molar-refractivity contribution is 5.77. The minimum Gasteiger partial charge on any atom is -0.491 e. The van der Waals surface area contributed by atoms with Crippen LogP contribution in [0.4, 0.5) is 4.39 Å². The van der Waals surface area contributed by atoms with E-state index < -0.39 is 5.82 Å². The number of halogens is 1. The Kier molecular flexibility index (Phi) is 6.06. The molecule has 0 bridgehead atoms. The summed E-state index contributed by atoms with van der Waals surface area (Å²) in [6, 6.07) is 4.51. The summed E-state index contributed by atoms with van der Waals surface area (Å²) in [5.74, 6) is -0.257. The lowest BCUT2D eigenvalue weighted by atomic mass is 10.1. The summed E-state index contributed by atoms with van der Waals surface area (Å²) in [7, 11) is 0. The van der Waals surface area contributed by atoms with Crippen molar-refractivity contribution in [1.29, 1.82) is 0 Å². The van der Waals surface area contributed by atoms with E-state index in [0.29, 0.717) is 13.0 Å². The highest BCUT2D eigenvalue weighted by atomic mass is 19.1. The summed E-state index contributed by atoms with van der Waals surface area (Å²) < 4.78 is 18.8. The molecule has 1 amide bonds. The molecule has 3 nitrogen and oxygen atoms in total. The van der Waals surface area contributed by atoms with Crippen molar-refractivity contribution < 1.29 is 13.9 Å². The first-order chi connectivity index (χ1) is 9.08. The molecule has 4 heteroatoms. The van der Waals surface area contributed by atoms with Crippen LogP contribution in [0.25, 0.3) is 0 Å². The molecule has 0 fully saturated rings. The maximum absolute atomic E-state index is 13.7. The molecule has 1 aromatic rings. The van der Waals surface area contributed by atoms with Crippen molar-refractivity contribution in [3.05, 3.63) is 41.7 Å². The molecule has 1 aromatic carbocycles. The van der Waals surface area contributed by atoms with Crippen molar-refractivity contribution in [2.24, 2.45) is 0 Å². The van der Waals surface area contributed by atoms with E-state index in [1.54, 1.807) is 25.1 Å². The van der Waals surface area contributed by atoms with Crippen molar-refractivity contribution >= 4 is 5.91 Å². The predicted octanol–water partition coefficient (Wildman–Crippen LogP) is 3.37. The van der Waals surface area contributed by atoms with E-state index >= 15 is 0 Å². The van der Waals surface area contributed by atoms with E-state index in [4.69, 9.17) is 4.74 Å². The van der Waals surface area contributed by atoms with Gasteiger partial charge in [-0.3, -0.25) is 4.79 Å². The van der Waals surface area contributed by atoms with Crippen LogP contribution in [-0.4, -0.2) is 12.5 Å². The maximum atomic E-state index is 13.7. The summed E-state index contributed by atoms with van der Waals surface area (Å²) in [4.78, 5) is 11.6. The predicted molar refractivity (Wildman–Crippen MR) is 73.6 cm³/mol. The van der Waals surface area contributed by atoms with Gasteiger partial charge in [0.1, 0.15) is 0 Å².